The number of aryl methyl sites for hydroxylation is 3. The summed E-state index contributed by atoms with van der Waals surface area (Å²) in [7, 11) is -4.84. The lowest BCUT2D eigenvalue weighted by Crippen LogP contribution is -2.67. The summed E-state index contributed by atoms with van der Waals surface area (Å²) >= 11 is 0. The minimum atomic E-state index is -5.27. The number of nitrogens with zero attached hydrogens (tertiary/aromatic N) is 1. The summed E-state index contributed by atoms with van der Waals surface area (Å²) in [5, 5.41) is 33.3. The summed E-state index contributed by atoms with van der Waals surface area (Å²) < 4.78 is 106. The van der Waals surface area contributed by atoms with Gasteiger partial charge in [0.15, 0.2) is 31.6 Å². The van der Waals surface area contributed by atoms with Crippen molar-refractivity contribution < 1.29 is 98.3 Å². The van der Waals surface area contributed by atoms with Gasteiger partial charge in [0.05, 0.1) is 72.3 Å². The molecule has 2 aliphatic heterocycles. The zero-order valence-corrected chi connectivity index (χ0v) is 75.4. The van der Waals surface area contributed by atoms with Crippen molar-refractivity contribution in [2.24, 2.45) is 44.8 Å². The molecule has 5 aromatic rings. The van der Waals surface area contributed by atoms with Gasteiger partial charge in [0.25, 0.3) is 0 Å². The number of benzene rings is 5. The van der Waals surface area contributed by atoms with E-state index in [0.29, 0.717) is 49.4 Å². The highest BCUT2D eigenvalue weighted by atomic mass is 32.2. The first-order valence-electron chi connectivity index (χ1n) is 42.5. The molecule has 8 atom stereocenters. The Labute approximate surface area is 768 Å². The van der Waals surface area contributed by atoms with Crippen molar-refractivity contribution in [3.8, 4) is 11.8 Å². The number of ether oxygens (including phenoxy) is 7. The number of alkyl halides is 3. The van der Waals surface area contributed by atoms with E-state index in [2.05, 4.69) is 159 Å². The number of hydrogen-bond donors (Lipinski definition) is 2. The van der Waals surface area contributed by atoms with Crippen LogP contribution in [-0.4, -0.2) is 136 Å². The fourth-order valence-electron chi connectivity index (χ4n) is 16.9. The summed E-state index contributed by atoms with van der Waals surface area (Å²) in [5.41, 5.74) is -1.83. The fraction of sp³-hybridized carbons (Fsp3) is 0.657. The molecule has 9 fully saturated rings. The third-order valence-corrected chi connectivity index (χ3v) is 31.0. The molecule has 0 spiro atoms. The van der Waals surface area contributed by atoms with Gasteiger partial charge in [0, 0.05) is 52.8 Å². The largest absolute Gasteiger partial charge is 0.748 e. The first kappa shape index (κ1) is 120. The molecule has 0 aromatic heterocycles. The summed E-state index contributed by atoms with van der Waals surface area (Å²) in [5.74, 6) is -1.22. The lowest BCUT2D eigenvalue weighted by molar-refractivity contribution is -0.264. The van der Waals surface area contributed by atoms with E-state index in [0.717, 1.165) is 76.6 Å². The molecule has 14 rings (SSSR count). The predicted molar refractivity (Wildman–Crippen MR) is 508 cm³/mol. The normalized spacial score (nSPS) is 23.1. The van der Waals surface area contributed by atoms with Crippen LogP contribution < -0.4 is 4.74 Å². The highest BCUT2D eigenvalue weighted by Crippen LogP contribution is 2.63. The fourth-order valence-corrected chi connectivity index (χ4v) is 22.0. The Bertz CT molecular complexity index is 4330. The van der Waals surface area contributed by atoms with Gasteiger partial charge in [0.1, 0.15) is 40.7 Å². The Morgan fingerprint density at radius 1 is 0.606 bits per heavy atom. The molecule has 9 aliphatic rings. The van der Waals surface area contributed by atoms with E-state index in [1.165, 1.54) is 99.6 Å². The maximum Gasteiger partial charge on any atom is 0.426 e. The van der Waals surface area contributed by atoms with E-state index < -0.39 is 97.2 Å². The van der Waals surface area contributed by atoms with E-state index in [4.69, 9.17) is 23.7 Å². The number of aliphatic hydroxyl groups is 2. The van der Waals surface area contributed by atoms with E-state index in [-0.39, 0.29) is 123 Å². The molecule has 7 saturated carbocycles. The topological polar surface area (TPSA) is 288 Å². The molecule has 7 aliphatic carbocycles. The molecule has 25 heteroatoms. The van der Waals surface area contributed by atoms with Crippen LogP contribution in [0.1, 0.15) is 308 Å². The van der Waals surface area contributed by atoms with E-state index in [9.17, 15) is 70.4 Å². The standard InChI is InChI=1S/C21H21S.C18H23OS.C16H26O4.C15H19NO4.C13H24O2.C11H17F3O7S.8CH4/c1-16-4-10-19(11-5-16)22(20-12-6-17(2)7-13-20)21-14-8-18(3)9-15-21;1-2-3-12-19-17-10-11-18(20-13-6-7-14-20)16-9-5-4-8-15(16)17;1-4-13(2,3)12(17)20-16-7-11-5-14(18,9-16)8-15(19,6-11)10-16;1-4-14(2,3)12(17)19-10-8-5-9-11(10)20-13(18)15(9,6-8)7-16;1-5-12(3,4)11(14)15-13(6-2)9-7-8-10-13;1-4-10(2,3)9(16)20-5-8(15)21-7(11(12,13)14)6-22(17,18)19;;;;;;;;/h4-15H,1-3H3;4-5,8-11H,2-3,6-7,12-14H2,1H3;11,18-19H,4-10H2,1-3H3;8-11H,4-6H2,1-3H3;5-10H2,1-4H3;7H,4-6H2,1-3H3,(H,17,18,19);8*1H4/q2*+1;;;;;;;;;;;;/p-1. The van der Waals surface area contributed by atoms with Crippen LogP contribution in [0.15, 0.2) is 129 Å². The highest BCUT2D eigenvalue weighted by Gasteiger charge is 2.72. The maximum atomic E-state index is 12.5. The Hall–Kier alpha value is -7.21. The molecule has 19 nitrogen and oxygen atoms in total. The molecule has 5 aromatic carbocycles. The van der Waals surface area contributed by atoms with Gasteiger partial charge in [-0.1, -0.05) is 179 Å². The number of carbonyl (C=O) groups excluding carboxylic acids is 6. The van der Waals surface area contributed by atoms with Crippen molar-refractivity contribution >= 4 is 78.5 Å². The Kier molecular flexibility index (Phi) is 46.5. The molecule has 0 amide bonds. The average Bonchev–Trinajstić information content (AvgIpc) is 1.69. The number of esters is 6. The van der Waals surface area contributed by atoms with Crippen LogP contribution in [0.4, 0.5) is 13.2 Å². The molecule has 2 saturated heterocycles. The van der Waals surface area contributed by atoms with Gasteiger partial charge in [-0.2, -0.15) is 18.4 Å². The second-order valence-electron chi connectivity index (χ2n) is 36.7. The Morgan fingerprint density at radius 3 is 1.48 bits per heavy atom. The third kappa shape index (κ3) is 30.7. The van der Waals surface area contributed by atoms with Crippen molar-refractivity contribution in [2.45, 2.75) is 378 Å². The van der Waals surface area contributed by atoms with Gasteiger partial charge < -0.3 is 47.9 Å². The summed E-state index contributed by atoms with van der Waals surface area (Å²) in [6, 6.07) is 42.2. The van der Waals surface area contributed by atoms with Crippen molar-refractivity contribution in [3.05, 3.63) is 126 Å². The van der Waals surface area contributed by atoms with Crippen LogP contribution in [0.25, 0.3) is 10.8 Å². The number of fused-ring (bicyclic) bond motifs is 2. The summed E-state index contributed by atoms with van der Waals surface area (Å²) in [4.78, 5) is 76.9. The molecule has 127 heavy (non-hydrogen) atoms. The highest BCUT2D eigenvalue weighted by molar-refractivity contribution is 7.97. The molecule has 6 bridgehead atoms. The Balaban J connectivity index is 0.00000149. The van der Waals surface area contributed by atoms with Gasteiger partial charge in [-0.25, -0.2) is 13.2 Å². The first-order chi connectivity index (χ1) is 55.6. The van der Waals surface area contributed by atoms with Gasteiger partial charge in [-0.05, 0) is 246 Å². The summed E-state index contributed by atoms with van der Waals surface area (Å²) in [6.45, 7) is 32.5. The van der Waals surface area contributed by atoms with Crippen molar-refractivity contribution in [3.63, 3.8) is 0 Å². The second-order valence-corrected chi connectivity index (χ2v) is 42.4. The molecule has 720 valence electrons. The molecule has 2 N–H and O–H groups in total. The van der Waals surface area contributed by atoms with Crippen LogP contribution in [-0.2, 0) is 89.1 Å². The van der Waals surface area contributed by atoms with E-state index in [1.54, 1.807) is 11.8 Å². The van der Waals surface area contributed by atoms with Crippen LogP contribution in [0.3, 0.4) is 0 Å². The van der Waals surface area contributed by atoms with Crippen molar-refractivity contribution in [1.82, 2.24) is 0 Å². The molecular weight excluding hydrogens is 1680 g/mol. The van der Waals surface area contributed by atoms with Crippen LogP contribution in [0.2, 0.25) is 0 Å². The number of rotatable bonds is 25. The van der Waals surface area contributed by atoms with E-state index >= 15 is 0 Å². The predicted octanol–water partition coefficient (Wildman–Crippen LogP) is 24.2. The van der Waals surface area contributed by atoms with E-state index in [1.807, 2.05) is 62.3 Å². The second kappa shape index (κ2) is 49.3. The van der Waals surface area contributed by atoms with Crippen LogP contribution in [0.5, 0.6) is 5.75 Å². The maximum absolute atomic E-state index is 12.5. The smallest absolute Gasteiger partial charge is 0.426 e. The van der Waals surface area contributed by atoms with Gasteiger partial charge in [-0.15, -0.1) is 0 Å². The zero-order chi connectivity index (χ0) is 88.1. The quantitative estimate of drug-likeness (QED) is 0.0180. The first-order valence-corrected chi connectivity index (χ1v) is 46.9. The monoisotopic (exact) mass is 1840 g/mol. The molecular formula is C102H161F3NO18S3+. The minimum absolute atomic E-state index is 0. The molecule has 8 unspecified atom stereocenters. The zero-order valence-electron chi connectivity index (χ0n) is 73.0. The number of unbranched alkanes of at least 4 members (excludes halogenated alkanes) is 1. The average molecular weight is 1840 g/mol. The number of nitriles is 1. The third-order valence-electron chi connectivity index (χ3n) is 25.5. The van der Waals surface area contributed by atoms with Gasteiger partial charge in [-0.3, -0.25) is 24.0 Å². The minimum Gasteiger partial charge on any atom is -0.748 e. The molecule has 2 heterocycles. The number of carbonyl (C=O) groups is 6. The molecule has 0 radical (unpaired) electrons. The number of halogens is 3. The number of hydrogen-bond acceptors (Lipinski definition) is 19. The lowest BCUT2D eigenvalue weighted by Gasteiger charge is -2.62. The summed E-state index contributed by atoms with van der Waals surface area (Å²) in [6.07, 6.45) is 8.95. The SMILES string of the molecule is C.C.C.C.C.C.C.C.CCC(C)(C)C(=O)OC12CC3CC(O)(CC(O)(C3)C1)C2.CCC(C)(C)C(=O)OC1C2CC3C1OC(=O)C3(C#N)C2.CCC(C)(C)C(=O)OCC(=O)OC(CS(=O)(=O)[O-])C(F)(F)F.CCC1(OC(=O)C(C)(C)CC)CCCC1.CCCCOc1ccc([S+]2CCCC2)c2ccccc12.Cc1ccc([S+](c2ccc(C)cc2)c2ccc(C)cc2)cc1. The van der Waals surface area contributed by atoms with Crippen molar-refractivity contribution in [2.75, 3.05) is 30.5 Å². The van der Waals surface area contributed by atoms with Crippen LogP contribution >= 0.6 is 0 Å². The van der Waals surface area contributed by atoms with Crippen molar-refractivity contribution in [1.29, 1.82) is 5.26 Å². The van der Waals surface area contributed by atoms with Gasteiger partial charge in [0.2, 0.25) is 6.10 Å². The Morgan fingerprint density at radius 2 is 1.06 bits per heavy atom. The van der Waals surface area contributed by atoms with Crippen LogP contribution in [0, 0.1) is 76.9 Å². The van der Waals surface area contributed by atoms with Gasteiger partial charge >= 0.3 is 42.0 Å². The lowest BCUT2D eigenvalue weighted by atomic mass is 9.50.